The van der Waals surface area contributed by atoms with Crippen molar-refractivity contribution in [1.82, 2.24) is 16.0 Å². The van der Waals surface area contributed by atoms with Gasteiger partial charge in [0.1, 0.15) is 0 Å². The molecule has 5 nitrogen and oxygen atoms in total. The monoisotopic (exact) mass is 253 g/mol. The SMILES string of the molecule is O=C(CNC(=O)C1CCCN1)NC1CCCCC1. The molecule has 2 amide bonds. The largest absolute Gasteiger partial charge is 0.352 e. The summed E-state index contributed by atoms with van der Waals surface area (Å²) in [4.78, 5) is 23.4. The van der Waals surface area contributed by atoms with Gasteiger partial charge in [-0.3, -0.25) is 9.59 Å². The molecule has 5 heteroatoms. The Morgan fingerprint density at radius 3 is 2.50 bits per heavy atom. The predicted molar refractivity (Wildman–Crippen MR) is 69.1 cm³/mol. The van der Waals surface area contributed by atoms with Gasteiger partial charge in [-0.2, -0.15) is 0 Å². The lowest BCUT2D eigenvalue weighted by Crippen LogP contribution is -2.46. The molecule has 1 heterocycles. The maximum atomic E-state index is 11.7. The van der Waals surface area contributed by atoms with E-state index in [-0.39, 0.29) is 24.4 Å². The highest BCUT2D eigenvalue weighted by Gasteiger charge is 2.22. The van der Waals surface area contributed by atoms with Gasteiger partial charge in [0.2, 0.25) is 11.8 Å². The lowest BCUT2D eigenvalue weighted by molar-refractivity contribution is -0.127. The van der Waals surface area contributed by atoms with E-state index in [9.17, 15) is 9.59 Å². The number of nitrogens with one attached hydrogen (secondary N) is 3. The van der Waals surface area contributed by atoms with Crippen molar-refractivity contribution in [1.29, 1.82) is 0 Å². The minimum Gasteiger partial charge on any atom is -0.352 e. The molecule has 1 saturated heterocycles. The average Bonchev–Trinajstić information content (AvgIpc) is 2.91. The highest BCUT2D eigenvalue weighted by molar-refractivity contribution is 5.87. The van der Waals surface area contributed by atoms with Crippen LogP contribution in [0.25, 0.3) is 0 Å². The summed E-state index contributed by atoms with van der Waals surface area (Å²) in [6.07, 6.45) is 7.72. The summed E-state index contributed by atoms with van der Waals surface area (Å²) in [6.45, 7) is 1.000. The fourth-order valence-corrected chi connectivity index (χ4v) is 2.72. The average molecular weight is 253 g/mol. The second kappa shape index (κ2) is 6.73. The van der Waals surface area contributed by atoms with E-state index >= 15 is 0 Å². The van der Waals surface area contributed by atoms with Crippen molar-refractivity contribution in [3.8, 4) is 0 Å². The van der Waals surface area contributed by atoms with Gasteiger partial charge >= 0.3 is 0 Å². The van der Waals surface area contributed by atoms with Crippen molar-refractivity contribution in [3.05, 3.63) is 0 Å². The van der Waals surface area contributed by atoms with Gasteiger partial charge in [-0.25, -0.2) is 0 Å². The number of hydrogen-bond acceptors (Lipinski definition) is 3. The zero-order valence-corrected chi connectivity index (χ0v) is 10.8. The van der Waals surface area contributed by atoms with Crippen molar-refractivity contribution in [2.24, 2.45) is 0 Å². The molecule has 102 valence electrons. The minimum absolute atomic E-state index is 0.0497. The minimum atomic E-state index is -0.104. The van der Waals surface area contributed by atoms with Crippen molar-refractivity contribution in [3.63, 3.8) is 0 Å². The highest BCUT2D eigenvalue weighted by Crippen LogP contribution is 2.17. The molecule has 0 aromatic heterocycles. The van der Waals surface area contributed by atoms with Crippen LogP contribution in [-0.4, -0.2) is 37.0 Å². The third-order valence-corrected chi connectivity index (χ3v) is 3.77. The van der Waals surface area contributed by atoms with E-state index in [1.165, 1.54) is 19.3 Å². The zero-order chi connectivity index (χ0) is 12.8. The molecule has 2 rings (SSSR count). The van der Waals surface area contributed by atoms with Crippen LogP contribution in [0, 0.1) is 0 Å². The van der Waals surface area contributed by atoms with Gasteiger partial charge in [0.25, 0.3) is 0 Å². The van der Waals surface area contributed by atoms with Crippen LogP contribution < -0.4 is 16.0 Å². The van der Waals surface area contributed by atoms with Crippen LogP contribution in [0.4, 0.5) is 0 Å². The van der Waals surface area contributed by atoms with E-state index in [2.05, 4.69) is 16.0 Å². The third-order valence-electron chi connectivity index (χ3n) is 3.77. The summed E-state index contributed by atoms with van der Waals surface area (Å²) in [6, 6.07) is 0.209. The standard InChI is InChI=1S/C13H23N3O2/c17-12(16-10-5-2-1-3-6-10)9-15-13(18)11-7-4-8-14-11/h10-11,14H,1-9H2,(H,15,18)(H,16,17). The molecular formula is C13H23N3O2. The number of hydrogen-bond donors (Lipinski definition) is 3. The second-order valence-corrected chi connectivity index (χ2v) is 5.27. The Morgan fingerprint density at radius 1 is 1.06 bits per heavy atom. The molecule has 3 N–H and O–H groups in total. The molecule has 0 radical (unpaired) electrons. The highest BCUT2D eigenvalue weighted by atomic mass is 16.2. The van der Waals surface area contributed by atoms with E-state index in [1.54, 1.807) is 0 Å². The summed E-state index contributed by atoms with van der Waals surface area (Å²) in [7, 11) is 0. The molecule has 18 heavy (non-hydrogen) atoms. The summed E-state index contributed by atoms with van der Waals surface area (Å²) in [5.74, 6) is -0.112. The van der Waals surface area contributed by atoms with E-state index < -0.39 is 0 Å². The van der Waals surface area contributed by atoms with E-state index in [1.807, 2.05) is 0 Å². The van der Waals surface area contributed by atoms with Crippen LogP contribution in [0.1, 0.15) is 44.9 Å². The molecule has 1 aliphatic heterocycles. The molecule has 0 bridgehead atoms. The number of rotatable bonds is 4. The zero-order valence-electron chi connectivity index (χ0n) is 10.8. The first-order valence-electron chi connectivity index (χ1n) is 7.06. The fraction of sp³-hybridized carbons (Fsp3) is 0.846. The normalized spacial score (nSPS) is 24.8. The predicted octanol–water partition coefficient (Wildman–Crippen LogP) is 0.303. The molecule has 0 aromatic rings. The van der Waals surface area contributed by atoms with Crippen LogP contribution >= 0.6 is 0 Å². The van der Waals surface area contributed by atoms with Gasteiger partial charge in [-0.1, -0.05) is 19.3 Å². The molecule has 2 fully saturated rings. The van der Waals surface area contributed by atoms with Crippen LogP contribution in [0.2, 0.25) is 0 Å². The Balaban J connectivity index is 1.63. The van der Waals surface area contributed by atoms with Crippen LogP contribution in [-0.2, 0) is 9.59 Å². The molecule has 1 unspecified atom stereocenters. The molecule has 1 atom stereocenters. The first kappa shape index (κ1) is 13.3. The van der Waals surface area contributed by atoms with Crippen molar-refractivity contribution >= 4 is 11.8 Å². The van der Waals surface area contributed by atoms with Gasteiger partial charge in [-0.05, 0) is 32.2 Å². The number of amides is 2. The van der Waals surface area contributed by atoms with Crippen molar-refractivity contribution < 1.29 is 9.59 Å². The van der Waals surface area contributed by atoms with Crippen LogP contribution in [0.5, 0.6) is 0 Å². The molecule has 2 aliphatic rings. The Kier molecular flexibility index (Phi) is 4.99. The molecule has 0 aromatic carbocycles. The maximum absolute atomic E-state index is 11.7. The number of carbonyl (C=O) groups excluding carboxylic acids is 2. The van der Waals surface area contributed by atoms with E-state index in [0.717, 1.165) is 32.2 Å². The molecule has 0 spiro atoms. The van der Waals surface area contributed by atoms with Crippen molar-refractivity contribution in [2.45, 2.75) is 57.0 Å². The third kappa shape index (κ3) is 3.98. The lowest BCUT2D eigenvalue weighted by Gasteiger charge is -2.23. The second-order valence-electron chi connectivity index (χ2n) is 5.27. The van der Waals surface area contributed by atoms with Gasteiger partial charge in [0.15, 0.2) is 0 Å². The van der Waals surface area contributed by atoms with E-state index in [4.69, 9.17) is 0 Å². The van der Waals surface area contributed by atoms with E-state index in [0.29, 0.717) is 6.04 Å². The lowest BCUT2D eigenvalue weighted by atomic mass is 9.95. The first-order valence-corrected chi connectivity index (χ1v) is 7.06. The summed E-state index contributed by atoms with van der Waals surface area (Å²) >= 11 is 0. The van der Waals surface area contributed by atoms with Crippen LogP contribution in [0.15, 0.2) is 0 Å². The smallest absolute Gasteiger partial charge is 0.239 e. The van der Waals surface area contributed by atoms with Gasteiger partial charge in [-0.15, -0.1) is 0 Å². The fourth-order valence-electron chi connectivity index (χ4n) is 2.72. The molecule has 1 aliphatic carbocycles. The van der Waals surface area contributed by atoms with Gasteiger partial charge in [0, 0.05) is 6.04 Å². The first-order chi connectivity index (χ1) is 8.75. The summed E-state index contributed by atoms with van der Waals surface area (Å²) in [5.41, 5.74) is 0. The quantitative estimate of drug-likeness (QED) is 0.675. The molecule has 1 saturated carbocycles. The van der Waals surface area contributed by atoms with Gasteiger partial charge < -0.3 is 16.0 Å². The summed E-state index contributed by atoms with van der Waals surface area (Å²) < 4.78 is 0. The maximum Gasteiger partial charge on any atom is 0.239 e. The Hall–Kier alpha value is -1.10. The van der Waals surface area contributed by atoms with Gasteiger partial charge in [0.05, 0.1) is 12.6 Å². The Labute approximate surface area is 108 Å². The number of carbonyl (C=O) groups is 2. The Morgan fingerprint density at radius 2 is 1.83 bits per heavy atom. The summed E-state index contributed by atoms with van der Waals surface area (Å²) in [5, 5.41) is 8.81. The van der Waals surface area contributed by atoms with Crippen molar-refractivity contribution in [2.75, 3.05) is 13.1 Å². The Bertz CT molecular complexity index is 295. The topological polar surface area (TPSA) is 70.2 Å². The van der Waals surface area contributed by atoms with Crippen LogP contribution in [0.3, 0.4) is 0 Å². The molecular weight excluding hydrogens is 230 g/mol.